The average molecular weight is 136 g/mol. The average Bonchev–Trinajstić information content (AvgIpc) is 1.35. The standard InChI is InChI=1S/C4H8O2.3CH4/c1-4(5)3-6-2;;;/h3H2,1-2H3;3*1H4. The lowest BCUT2D eigenvalue weighted by atomic mass is 10.5. The van der Waals surface area contributed by atoms with E-state index in [1.165, 1.54) is 14.0 Å². The van der Waals surface area contributed by atoms with Gasteiger partial charge in [-0.2, -0.15) is 0 Å². The highest BCUT2D eigenvalue weighted by molar-refractivity contribution is 5.76. The molecule has 0 radical (unpaired) electrons. The van der Waals surface area contributed by atoms with Gasteiger partial charge in [0.15, 0.2) is 5.78 Å². The number of carbonyl (C=O) groups is 1. The van der Waals surface area contributed by atoms with E-state index >= 15 is 0 Å². The van der Waals surface area contributed by atoms with E-state index in [-0.39, 0.29) is 34.7 Å². The van der Waals surface area contributed by atoms with E-state index in [1.807, 2.05) is 0 Å². The van der Waals surface area contributed by atoms with Crippen molar-refractivity contribution in [3.05, 3.63) is 0 Å². The van der Waals surface area contributed by atoms with Crippen LogP contribution in [0, 0.1) is 0 Å². The Kier molecular flexibility index (Phi) is 40.7. The normalized spacial score (nSPS) is 5.56. The molecule has 0 amide bonds. The van der Waals surface area contributed by atoms with Crippen molar-refractivity contribution < 1.29 is 9.53 Å². The molecule has 0 aliphatic rings. The summed E-state index contributed by atoms with van der Waals surface area (Å²) in [4.78, 5) is 9.92. The molecule has 0 spiro atoms. The van der Waals surface area contributed by atoms with Crippen LogP contribution < -0.4 is 0 Å². The van der Waals surface area contributed by atoms with Gasteiger partial charge in [0.05, 0.1) is 0 Å². The number of carbonyl (C=O) groups excluding carboxylic acids is 1. The highest BCUT2D eigenvalue weighted by Gasteiger charge is 1.83. The molecule has 0 saturated heterocycles. The zero-order valence-corrected chi connectivity index (χ0v) is 4.02. The first-order valence-electron chi connectivity index (χ1n) is 1.75. The number of Topliss-reactive ketones (excluding diaryl/α,β-unsaturated/α-hetero) is 1. The van der Waals surface area contributed by atoms with E-state index in [0.717, 1.165) is 0 Å². The van der Waals surface area contributed by atoms with Crippen LogP contribution in [0.15, 0.2) is 0 Å². The fourth-order valence-corrected chi connectivity index (χ4v) is 0.203. The molecule has 60 valence electrons. The van der Waals surface area contributed by atoms with Gasteiger partial charge in [-0.15, -0.1) is 0 Å². The summed E-state index contributed by atoms with van der Waals surface area (Å²) in [6, 6.07) is 0. The molecule has 2 heteroatoms. The number of hydrogen-bond acceptors (Lipinski definition) is 2. The zero-order chi connectivity index (χ0) is 4.99. The Hall–Kier alpha value is -0.370. The minimum atomic E-state index is 0. The molecule has 0 N–H and O–H groups in total. The van der Waals surface area contributed by atoms with Gasteiger partial charge in [0.25, 0.3) is 0 Å². The Labute approximate surface area is 59.2 Å². The van der Waals surface area contributed by atoms with Crippen LogP contribution in [0.5, 0.6) is 0 Å². The molecule has 0 saturated carbocycles. The van der Waals surface area contributed by atoms with Crippen molar-refractivity contribution in [3.8, 4) is 0 Å². The summed E-state index contributed by atoms with van der Waals surface area (Å²) in [7, 11) is 1.50. The monoisotopic (exact) mass is 136 g/mol. The maximum Gasteiger partial charge on any atom is 0.155 e. The van der Waals surface area contributed by atoms with Crippen LogP contribution in [0.2, 0.25) is 0 Å². The van der Waals surface area contributed by atoms with E-state index in [2.05, 4.69) is 4.74 Å². The highest BCUT2D eigenvalue weighted by Crippen LogP contribution is 1.65. The quantitative estimate of drug-likeness (QED) is 0.581. The predicted molar refractivity (Wildman–Crippen MR) is 42.8 cm³/mol. The maximum atomic E-state index is 9.92. The third-order valence-electron chi connectivity index (χ3n) is 0.348. The zero-order valence-electron chi connectivity index (χ0n) is 4.02. The van der Waals surface area contributed by atoms with E-state index in [0.29, 0.717) is 0 Å². The largest absolute Gasteiger partial charge is 0.377 e. The number of rotatable bonds is 2. The maximum absolute atomic E-state index is 9.92. The summed E-state index contributed by atoms with van der Waals surface area (Å²) in [6.07, 6.45) is 0. The van der Waals surface area contributed by atoms with Gasteiger partial charge >= 0.3 is 0 Å². The van der Waals surface area contributed by atoms with Crippen LogP contribution in [0.3, 0.4) is 0 Å². The van der Waals surface area contributed by atoms with Gasteiger partial charge in [0.2, 0.25) is 0 Å². The predicted octanol–water partition coefficient (Wildman–Crippen LogP) is 2.13. The van der Waals surface area contributed by atoms with Crippen LogP contribution in [0.4, 0.5) is 0 Å². The fraction of sp³-hybridized carbons (Fsp3) is 0.857. The third-order valence-corrected chi connectivity index (χ3v) is 0.348. The summed E-state index contributed by atoms with van der Waals surface area (Å²) in [5, 5.41) is 0. The van der Waals surface area contributed by atoms with Gasteiger partial charge < -0.3 is 4.74 Å². The lowest BCUT2D eigenvalue weighted by Crippen LogP contribution is -1.98. The van der Waals surface area contributed by atoms with Crippen LogP contribution >= 0.6 is 0 Å². The Bertz CT molecular complexity index is 50.9. The molecule has 0 fully saturated rings. The van der Waals surface area contributed by atoms with Crippen molar-refractivity contribution in [3.63, 3.8) is 0 Å². The number of hydrogen-bond donors (Lipinski definition) is 0. The summed E-state index contributed by atoms with van der Waals surface area (Å²) < 4.78 is 4.45. The fourth-order valence-electron chi connectivity index (χ4n) is 0.203. The van der Waals surface area contributed by atoms with Crippen LogP contribution in [-0.4, -0.2) is 19.5 Å². The molecule has 0 heterocycles. The van der Waals surface area contributed by atoms with E-state index < -0.39 is 0 Å². The molecule has 0 rings (SSSR count). The number of methoxy groups -OCH3 is 1. The minimum Gasteiger partial charge on any atom is -0.377 e. The topological polar surface area (TPSA) is 26.3 Å². The van der Waals surface area contributed by atoms with Crippen molar-refractivity contribution in [1.82, 2.24) is 0 Å². The van der Waals surface area contributed by atoms with Gasteiger partial charge in [0, 0.05) is 7.11 Å². The van der Waals surface area contributed by atoms with Crippen molar-refractivity contribution in [1.29, 1.82) is 0 Å². The summed E-state index contributed by atoms with van der Waals surface area (Å²) in [5.74, 6) is 0.0671. The molecule has 0 aliphatic heterocycles. The molecule has 0 aromatic rings. The minimum absolute atomic E-state index is 0. The first-order chi connectivity index (χ1) is 2.77. The summed E-state index contributed by atoms with van der Waals surface area (Å²) in [6.45, 7) is 1.73. The second-order valence-corrected chi connectivity index (χ2v) is 1.14. The molecule has 0 aliphatic carbocycles. The molecule has 0 bridgehead atoms. The van der Waals surface area contributed by atoms with Gasteiger partial charge in [-0.1, -0.05) is 22.3 Å². The van der Waals surface area contributed by atoms with Crippen molar-refractivity contribution in [2.45, 2.75) is 29.2 Å². The van der Waals surface area contributed by atoms with Crippen LogP contribution in [0.1, 0.15) is 29.2 Å². The van der Waals surface area contributed by atoms with Crippen molar-refractivity contribution >= 4 is 5.78 Å². The number of ether oxygens (including phenoxy) is 1. The molecule has 9 heavy (non-hydrogen) atoms. The van der Waals surface area contributed by atoms with Gasteiger partial charge in [-0.05, 0) is 6.92 Å². The smallest absolute Gasteiger partial charge is 0.155 e. The van der Waals surface area contributed by atoms with Crippen LogP contribution in [-0.2, 0) is 9.53 Å². The third kappa shape index (κ3) is 35.0. The lowest BCUT2D eigenvalue weighted by Gasteiger charge is -1.84. The first kappa shape index (κ1) is 23.4. The second-order valence-electron chi connectivity index (χ2n) is 1.14. The first-order valence-corrected chi connectivity index (χ1v) is 1.75. The molecule has 0 unspecified atom stereocenters. The highest BCUT2D eigenvalue weighted by atomic mass is 16.5. The van der Waals surface area contributed by atoms with Crippen molar-refractivity contribution in [2.75, 3.05) is 13.7 Å². The van der Waals surface area contributed by atoms with E-state index in [1.54, 1.807) is 0 Å². The molecular formula is C7H20O2. The van der Waals surface area contributed by atoms with E-state index in [9.17, 15) is 4.79 Å². The molecule has 0 aromatic heterocycles. The van der Waals surface area contributed by atoms with E-state index in [4.69, 9.17) is 0 Å². The number of ketones is 1. The Balaban J connectivity index is -0.0000000417. The molecule has 0 aromatic carbocycles. The molecule has 2 nitrogen and oxygen atoms in total. The van der Waals surface area contributed by atoms with Crippen molar-refractivity contribution in [2.24, 2.45) is 0 Å². The summed E-state index contributed by atoms with van der Waals surface area (Å²) >= 11 is 0. The van der Waals surface area contributed by atoms with Crippen LogP contribution in [0.25, 0.3) is 0 Å². The van der Waals surface area contributed by atoms with Gasteiger partial charge in [0.1, 0.15) is 6.61 Å². The SMILES string of the molecule is C.C.C.COCC(C)=O. The lowest BCUT2D eigenvalue weighted by molar-refractivity contribution is -0.120. The Morgan fingerprint density at radius 1 is 1.33 bits per heavy atom. The Morgan fingerprint density at radius 3 is 1.67 bits per heavy atom. The Morgan fingerprint density at radius 2 is 1.67 bits per heavy atom. The summed E-state index contributed by atoms with van der Waals surface area (Å²) in [5.41, 5.74) is 0. The van der Waals surface area contributed by atoms with Gasteiger partial charge in [-0.25, -0.2) is 0 Å². The molecule has 0 atom stereocenters. The molecular weight excluding hydrogens is 116 g/mol. The second kappa shape index (κ2) is 15.6. The van der Waals surface area contributed by atoms with Gasteiger partial charge in [-0.3, -0.25) is 4.79 Å².